The van der Waals surface area contributed by atoms with Crippen LogP contribution in [0.3, 0.4) is 0 Å². The van der Waals surface area contributed by atoms with Crippen LogP contribution in [-0.2, 0) is 19.1 Å². The summed E-state index contributed by atoms with van der Waals surface area (Å²) in [5.74, 6) is -2.46. The number of esters is 1. The van der Waals surface area contributed by atoms with Gasteiger partial charge in [0.05, 0.1) is 41.0 Å². The Labute approximate surface area is 211 Å². The lowest BCUT2D eigenvalue weighted by atomic mass is 9.81. The Hall–Kier alpha value is -1.65. The quantitative estimate of drug-likeness (QED) is 0.410. The van der Waals surface area contributed by atoms with Crippen molar-refractivity contribution in [1.29, 1.82) is 0 Å². The van der Waals surface area contributed by atoms with Gasteiger partial charge in [0.25, 0.3) is 0 Å². The summed E-state index contributed by atoms with van der Waals surface area (Å²) in [4.78, 5) is 30.3. The number of ketones is 1. The summed E-state index contributed by atoms with van der Waals surface area (Å²) in [5.41, 5.74) is 7.67. The number of carbonyl (C=O) groups is 2. The highest BCUT2D eigenvalue weighted by molar-refractivity contribution is 7.09. The van der Waals surface area contributed by atoms with Gasteiger partial charge in [-0.05, 0) is 51.2 Å². The Kier molecular flexibility index (Phi) is 8.91. The lowest BCUT2D eigenvalue weighted by molar-refractivity contribution is -0.152. The first kappa shape index (κ1) is 27.9. The molecule has 8 nitrogen and oxygen atoms in total. The standard InChI is InChI=1S/C26H40N2O6S/c1-13-8-7-9-26(6)25(34-26)21(27)24(14(2)10-18-12-35-17(5)28-18)33-20(30)11-19(29)15(3)23(32)16(4)22(13)31/h10,12-13,15-16,19,21-22,24-25,29,31H,7-9,11,27H2,1-6H3/b14-10+/t13-,15?,16+,19-,21?,22-,24+,25-,26+/m0/s1. The molecular weight excluding hydrogens is 468 g/mol. The zero-order chi connectivity index (χ0) is 26.1. The van der Waals surface area contributed by atoms with E-state index in [0.29, 0.717) is 0 Å². The van der Waals surface area contributed by atoms with Crippen LogP contribution in [0.5, 0.6) is 0 Å². The molecule has 4 N–H and O–H groups in total. The van der Waals surface area contributed by atoms with Crippen molar-refractivity contribution in [1.82, 2.24) is 4.98 Å². The maximum atomic E-state index is 12.9. The second-order valence-corrected chi connectivity index (χ2v) is 11.7. The van der Waals surface area contributed by atoms with E-state index in [9.17, 15) is 19.8 Å². The third-order valence-corrected chi connectivity index (χ3v) is 8.43. The molecular formula is C26H40N2O6S. The van der Waals surface area contributed by atoms with Gasteiger partial charge in [-0.25, -0.2) is 4.98 Å². The molecule has 3 heterocycles. The molecule has 9 atom stereocenters. The van der Waals surface area contributed by atoms with Gasteiger partial charge in [-0.2, -0.15) is 0 Å². The molecule has 2 aliphatic rings. The third-order valence-electron chi connectivity index (χ3n) is 7.64. The fraction of sp³-hybridized carbons (Fsp3) is 0.731. The number of nitrogens with zero attached hydrogens (tertiary/aromatic N) is 1. The Bertz CT molecular complexity index is 948. The molecule has 0 saturated carbocycles. The van der Waals surface area contributed by atoms with Crippen molar-refractivity contribution in [3.8, 4) is 0 Å². The number of aliphatic hydroxyl groups excluding tert-OH is 2. The predicted octanol–water partition coefficient (Wildman–Crippen LogP) is 3.02. The lowest BCUT2D eigenvalue weighted by Gasteiger charge is -2.29. The van der Waals surface area contributed by atoms with E-state index < -0.39 is 47.8 Å². The lowest BCUT2D eigenvalue weighted by Crippen LogP contribution is -2.46. The van der Waals surface area contributed by atoms with E-state index in [4.69, 9.17) is 15.2 Å². The van der Waals surface area contributed by atoms with Crippen LogP contribution in [0.25, 0.3) is 6.08 Å². The summed E-state index contributed by atoms with van der Waals surface area (Å²) >= 11 is 1.53. The van der Waals surface area contributed by atoms with Crippen LogP contribution in [0, 0.1) is 24.7 Å². The number of Topliss-reactive ketones (excluding diaryl/α,β-unsaturated/α-hetero) is 1. The molecule has 196 valence electrons. The number of rotatable bonds is 2. The molecule has 2 fully saturated rings. The average molecular weight is 509 g/mol. The Morgan fingerprint density at radius 3 is 2.57 bits per heavy atom. The molecule has 3 rings (SSSR count). The van der Waals surface area contributed by atoms with Crippen molar-refractivity contribution in [2.75, 3.05) is 0 Å². The highest BCUT2D eigenvalue weighted by atomic mass is 32.1. The molecule has 1 aromatic heterocycles. The zero-order valence-corrected chi connectivity index (χ0v) is 22.4. The van der Waals surface area contributed by atoms with Gasteiger partial charge in [0.2, 0.25) is 0 Å². The second-order valence-electron chi connectivity index (χ2n) is 10.6. The van der Waals surface area contributed by atoms with E-state index in [2.05, 4.69) is 4.98 Å². The normalized spacial score (nSPS) is 40.2. The Balaban J connectivity index is 1.87. The minimum absolute atomic E-state index is 0.0925. The van der Waals surface area contributed by atoms with Gasteiger partial charge < -0.3 is 25.4 Å². The highest BCUT2D eigenvalue weighted by Crippen LogP contribution is 2.44. The number of fused-ring (bicyclic) bond motifs is 1. The molecule has 0 bridgehead atoms. The number of aliphatic hydroxyl groups is 2. The maximum absolute atomic E-state index is 12.9. The van der Waals surface area contributed by atoms with Gasteiger partial charge in [0.15, 0.2) is 0 Å². The van der Waals surface area contributed by atoms with Gasteiger partial charge >= 0.3 is 5.97 Å². The summed E-state index contributed by atoms with van der Waals surface area (Å²) in [6.07, 6.45) is 0.681. The van der Waals surface area contributed by atoms with Crippen LogP contribution in [0.2, 0.25) is 0 Å². The molecule has 2 saturated heterocycles. The summed E-state index contributed by atoms with van der Waals surface area (Å²) in [5, 5.41) is 24.2. The number of hydrogen-bond donors (Lipinski definition) is 3. The van der Waals surface area contributed by atoms with Crippen molar-refractivity contribution in [3.05, 3.63) is 21.7 Å². The number of cyclic esters (lactones) is 1. The minimum Gasteiger partial charge on any atom is -0.456 e. The number of nitrogens with two attached hydrogens (primary N) is 1. The van der Waals surface area contributed by atoms with Crippen molar-refractivity contribution >= 4 is 29.2 Å². The summed E-state index contributed by atoms with van der Waals surface area (Å²) in [7, 11) is 0. The maximum Gasteiger partial charge on any atom is 0.309 e. The topological polar surface area (TPSA) is 135 Å². The molecule has 0 aliphatic carbocycles. The number of hydrogen-bond acceptors (Lipinski definition) is 9. The van der Waals surface area contributed by atoms with Gasteiger partial charge in [0.1, 0.15) is 18.0 Å². The fourth-order valence-corrected chi connectivity index (χ4v) is 5.66. The largest absolute Gasteiger partial charge is 0.456 e. The number of epoxide rings is 1. The van der Waals surface area contributed by atoms with Crippen LogP contribution >= 0.6 is 11.3 Å². The van der Waals surface area contributed by atoms with E-state index in [1.807, 2.05) is 39.2 Å². The fourth-order valence-electron chi connectivity index (χ4n) is 5.09. The minimum atomic E-state index is -1.22. The van der Waals surface area contributed by atoms with Gasteiger partial charge in [-0.1, -0.05) is 27.2 Å². The smallest absolute Gasteiger partial charge is 0.309 e. The van der Waals surface area contributed by atoms with Gasteiger partial charge in [-0.3, -0.25) is 9.59 Å². The monoisotopic (exact) mass is 508 g/mol. The van der Waals surface area contributed by atoms with Crippen LogP contribution in [-0.4, -0.2) is 63.0 Å². The summed E-state index contributed by atoms with van der Waals surface area (Å²) in [6.45, 7) is 11.0. The van der Waals surface area contributed by atoms with Gasteiger partial charge in [-0.15, -0.1) is 11.3 Å². The average Bonchev–Trinajstić information content (AvgIpc) is 3.31. The number of aryl methyl sites for hydroxylation is 1. The van der Waals surface area contributed by atoms with Crippen LogP contribution in [0.15, 0.2) is 11.0 Å². The van der Waals surface area contributed by atoms with Crippen LogP contribution in [0.1, 0.15) is 71.0 Å². The van der Waals surface area contributed by atoms with Crippen molar-refractivity contribution in [2.45, 2.75) is 103 Å². The Morgan fingerprint density at radius 2 is 1.94 bits per heavy atom. The van der Waals surface area contributed by atoms with Crippen molar-refractivity contribution < 1.29 is 29.3 Å². The summed E-state index contributed by atoms with van der Waals surface area (Å²) < 4.78 is 11.8. The molecule has 0 radical (unpaired) electrons. The molecule has 35 heavy (non-hydrogen) atoms. The first-order valence-electron chi connectivity index (χ1n) is 12.5. The number of ether oxygens (including phenoxy) is 2. The summed E-state index contributed by atoms with van der Waals surface area (Å²) in [6, 6.07) is -0.605. The molecule has 0 spiro atoms. The highest BCUT2D eigenvalue weighted by Gasteiger charge is 2.57. The van der Waals surface area contributed by atoms with Crippen molar-refractivity contribution in [3.63, 3.8) is 0 Å². The van der Waals surface area contributed by atoms with E-state index in [1.54, 1.807) is 13.8 Å². The molecule has 2 unspecified atom stereocenters. The van der Waals surface area contributed by atoms with Gasteiger partial charge in [0, 0.05) is 17.2 Å². The van der Waals surface area contributed by atoms with E-state index in [-0.39, 0.29) is 24.2 Å². The van der Waals surface area contributed by atoms with E-state index >= 15 is 0 Å². The molecule has 2 aliphatic heterocycles. The zero-order valence-electron chi connectivity index (χ0n) is 21.6. The van der Waals surface area contributed by atoms with E-state index in [0.717, 1.165) is 35.5 Å². The molecule has 0 aromatic carbocycles. The first-order valence-corrected chi connectivity index (χ1v) is 13.3. The number of carbonyl (C=O) groups excluding carboxylic acids is 2. The SMILES string of the molecule is C/C(=C\c1csc(C)n1)[C@H]1OC(=O)C[C@H](O)C(C)C(=O)[C@H](C)[C@@H](O)[C@@H](C)CCC[C@@]2(C)O[C@H]2C1N. The van der Waals surface area contributed by atoms with Crippen LogP contribution < -0.4 is 5.73 Å². The van der Waals surface area contributed by atoms with E-state index in [1.165, 1.54) is 11.3 Å². The number of thiazole rings is 1. The van der Waals surface area contributed by atoms with Crippen LogP contribution in [0.4, 0.5) is 0 Å². The number of aromatic nitrogens is 1. The second kappa shape index (κ2) is 11.2. The predicted molar refractivity (Wildman–Crippen MR) is 135 cm³/mol. The molecule has 0 amide bonds. The first-order chi connectivity index (χ1) is 16.3. The third kappa shape index (κ3) is 6.57. The Morgan fingerprint density at radius 1 is 1.26 bits per heavy atom. The molecule has 1 aromatic rings. The molecule has 9 heteroatoms. The van der Waals surface area contributed by atoms with Crippen molar-refractivity contribution in [2.24, 2.45) is 23.5 Å².